The molecule has 0 spiro atoms. The second-order valence-electron chi connectivity index (χ2n) is 9.10. The lowest BCUT2D eigenvalue weighted by atomic mass is 10.1. The molecule has 2 fully saturated rings. The molecule has 1 amide bonds. The monoisotopic (exact) mass is 473 g/mol. The summed E-state index contributed by atoms with van der Waals surface area (Å²) in [5.41, 5.74) is 3.49. The van der Waals surface area contributed by atoms with Crippen LogP contribution in [0.2, 0.25) is 0 Å². The van der Waals surface area contributed by atoms with Crippen molar-refractivity contribution in [1.82, 2.24) is 19.9 Å². The first kappa shape index (κ1) is 21.6. The van der Waals surface area contributed by atoms with E-state index < -0.39 is 0 Å². The normalized spacial score (nSPS) is 16.3. The molecule has 6 rings (SSSR count). The number of carbonyl (C=O) groups is 1. The second kappa shape index (κ2) is 9.01. The number of nitrogens with one attached hydrogen (secondary N) is 1. The van der Waals surface area contributed by atoms with Gasteiger partial charge in [0.25, 0.3) is 11.9 Å². The Morgan fingerprint density at radius 2 is 1.74 bits per heavy atom. The van der Waals surface area contributed by atoms with Crippen molar-refractivity contribution in [3.63, 3.8) is 0 Å². The fraction of sp³-hybridized carbons (Fsp3) is 0.400. The maximum atomic E-state index is 13.2. The Balaban J connectivity index is 1.32. The number of hydrogen-bond acceptors (Lipinski definition) is 9. The van der Waals surface area contributed by atoms with Gasteiger partial charge in [0.05, 0.1) is 5.69 Å². The first-order valence-corrected chi connectivity index (χ1v) is 12.2. The highest BCUT2D eigenvalue weighted by Gasteiger charge is 2.24. The van der Waals surface area contributed by atoms with Crippen LogP contribution in [0.1, 0.15) is 48.3 Å². The Morgan fingerprint density at radius 3 is 2.54 bits per heavy atom. The lowest BCUT2D eigenvalue weighted by Gasteiger charge is -2.29. The van der Waals surface area contributed by atoms with E-state index >= 15 is 0 Å². The number of hydrogen-bond donors (Lipinski definition) is 1. The lowest BCUT2D eigenvalue weighted by molar-refractivity contribution is 0.102. The van der Waals surface area contributed by atoms with E-state index in [1.165, 1.54) is 12.7 Å². The molecule has 10 nitrogen and oxygen atoms in total. The van der Waals surface area contributed by atoms with Crippen molar-refractivity contribution in [3.8, 4) is 11.5 Å². The summed E-state index contributed by atoms with van der Waals surface area (Å²) in [6, 6.07) is 6.08. The molecule has 180 valence electrons. The number of oxazole rings is 2. The minimum absolute atomic E-state index is 0.189. The van der Waals surface area contributed by atoms with Crippen LogP contribution in [0.3, 0.4) is 0 Å². The first-order chi connectivity index (χ1) is 17.1. The van der Waals surface area contributed by atoms with Crippen molar-refractivity contribution in [2.45, 2.75) is 39.0 Å². The number of piperidine rings is 1. The standard InChI is InChI=1S/C25H27N7O3/c1-16-13-17(7-8-26-16)24-28-19(15-34-24)23(33)27-18-14-20-21(29-22(18)31-9-3-2-4-10-31)30-25(35-20)32-11-5-6-12-32/h7-8,13-15H,2-6,9-12H2,1H3,(H,27,33). The third-order valence-corrected chi connectivity index (χ3v) is 6.51. The molecule has 4 aromatic rings. The molecule has 0 saturated carbocycles. The van der Waals surface area contributed by atoms with Gasteiger partial charge in [0.15, 0.2) is 17.1 Å². The van der Waals surface area contributed by atoms with Crippen LogP contribution in [-0.4, -0.2) is 52.0 Å². The summed E-state index contributed by atoms with van der Waals surface area (Å²) in [5.74, 6) is 0.709. The zero-order valence-corrected chi connectivity index (χ0v) is 19.7. The molecule has 2 aliphatic rings. The molecular formula is C25H27N7O3. The van der Waals surface area contributed by atoms with E-state index in [4.69, 9.17) is 13.8 Å². The van der Waals surface area contributed by atoms with Crippen molar-refractivity contribution in [2.75, 3.05) is 41.3 Å². The van der Waals surface area contributed by atoms with Gasteiger partial charge in [-0.25, -0.2) is 9.97 Å². The van der Waals surface area contributed by atoms with Gasteiger partial charge in [0, 0.05) is 49.7 Å². The summed E-state index contributed by atoms with van der Waals surface area (Å²) < 4.78 is 11.6. The number of aromatic nitrogens is 4. The van der Waals surface area contributed by atoms with Gasteiger partial charge in [0.1, 0.15) is 6.26 Å². The summed E-state index contributed by atoms with van der Waals surface area (Å²) in [7, 11) is 0. The zero-order chi connectivity index (χ0) is 23.8. The molecule has 0 atom stereocenters. The molecule has 35 heavy (non-hydrogen) atoms. The van der Waals surface area contributed by atoms with Gasteiger partial charge in [-0.1, -0.05) is 0 Å². The average Bonchev–Trinajstić information content (AvgIpc) is 3.64. The highest BCUT2D eigenvalue weighted by Crippen LogP contribution is 2.33. The van der Waals surface area contributed by atoms with E-state index in [1.807, 2.05) is 19.1 Å². The zero-order valence-electron chi connectivity index (χ0n) is 19.7. The number of amides is 1. The number of nitrogens with zero attached hydrogens (tertiary/aromatic N) is 6. The largest absolute Gasteiger partial charge is 0.444 e. The average molecular weight is 474 g/mol. The Hall–Kier alpha value is -3.95. The fourth-order valence-corrected chi connectivity index (χ4v) is 4.70. The maximum absolute atomic E-state index is 13.2. The van der Waals surface area contributed by atoms with Gasteiger partial charge in [-0.3, -0.25) is 9.78 Å². The summed E-state index contributed by atoms with van der Waals surface area (Å²) in [4.78, 5) is 35.6. The lowest BCUT2D eigenvalue weighted by Crippen LogP contribution is -2.31. The predicted octanol–water partition coefficient (Wildman–Crippen LogP) is 4.42. The molecule has 2 saturated heterocycles. The predicted molar refractivity (Wildman–Crippen MR) is 132 cm³/mol. The van der Waals surface area contributed by atoms with Gasteiger partial charge in [0.2, 0.25) is 11.5 Å². The van der Waals surface area contributed by atoms with Gasteiger partial charge in [-0.05, 0) is 51.2 Å². The van der Waals surface area contributed by atoms with E-state index in [0.717, 1.165) is 63.1 Å². The minimum Gasteiger partial charge on any atom is -0.444 e. The molecule has 6 heterocycles. The molecule has 0 aliphatic carbocycles. The highest BCUT2D eigenvalue weighted by molar-refractivity contribution is 6.05. The van der Waals surface area contributed by atoms with E-state index in [9.17, 15) is 4.79 Å². The van der Waals surface area contributed by atoms with Crippen LogP contribution >= 0.6 is 0 Å². The van der Waals surface area contributed by atoms with Crippen LogP contribution < -0.4 is 15.1 Å². The molecule has 2 aliphatic heterocycles. The van der Waals surface area contributed by atoms with Crippen LogP contribution in [0.25, 0.3) is 22.7 Å². The maximum Gasteiger partial charge on any atom is 0.299 e. The number of fused-ring (bicyclic) bond motifs is 1. The second-order valence-corrected chi connectivity index (χ2v) is 9.10. The van der Waals surface area contributed by atoms with Gasteiger partial charge < -0.3 is 24.0 Å². The Labute approximate surface area is 202 Å². The molecule has 0 unspecified atom stereocenters. The SMILES string of the molecule is Cc1cc(-c2nc(C(=O)Nc3cc4oc(N5CCCC5)nc4nc3N3CCCCC3)co2)ccn1. The third kappa shape index (κ3) is 4.31. The summed E-state index contributed by atoms with van der Waals surface area (Å²) in [6.07, 6.45) is 8.68. The summed E-state index contributed by atoms with van der Waals surface area (Å²) in [5, 5.41) is 2.99. The number of aryl methyl sites for hydroxylation is 1. The molecule has 4 aromatic heterocycles. The fourth-order valence-electron chi connectivity index (χ4n) is 4.70. The first-order valence-electron chi connectivity index (χ1n) is 12.2. The van der Waals surface area contributed by atoms with Crippen molar-refractivity contribution < 1.29 is 13.6 Å². The van der Waals surface area contributed by atoms with E-state index in [1.54, 1.807) is 12.3 Å². The van der Waals surface area contributed by atoms with Gasteiger partial charge in [-0.2, -0.15) is 4.98 Å². The Morgan fingerprint density at radius 1 is 0.971 bits per heavy atom. The topological polar surface area (TPSA) is 113 Å². The van der Waals surface area contributed by atoms with Gasteiger partial charge in [-0.15, -0.1) is 0 Å². The summed E-state index contributed by atoms with van der Waals surface area (Å²) >= 11 is 0. The molecule has 10 heteroatoms. The van der Waals surface area contributed by atoms with Crippen molar-refractivity contribution in [2.24, 2.45) is 0 Å². The molecular weight excluding hydrogens is 446 g/mol. The van der Waals surface area contributed by atoms with Crippen LogP contribution in [0.15, 0.2) is 39.5 Å². The molecule has 0 bridgehead atoms. The Kier molecular flexibility index (Phi) is 5.55. The van der Waals surface area contributed by atoms with Crippen LogP contribution in [-0.2, 0) is 0 Å². The molecule has 0 radical (unpaired) electrons. The van der Waals surface area contributed by atoms with Crippen molar-refractivity contribution in [3.05, 3.63) is 42.0 Å². The quantitative estimate of drug-likeness (QED) is 0.450. The van der Waals surface area contributed by atoms with Gasteiger partial charge >= 0.3 is 0 Å². The molecule has 0 aromatic carbocycles. The van der Waals surface area contributed by atoms with E-state index in [2.05, 4.69) is 30.1 Å². The number of pyridine rings is 2. The van der Waals surface area contributed by atoms with Crippen molar-refractivity contribution in [1.29, 1.82) is 0 Å². The summed E-state index contributed by atoms with van der Waals surface area (Å²) in [6.45, 7) is 5.52. The van der Waals surface area contributed by atoms with Crippen LogP contribution in [0, 0.1) is 6.92 Å². The van der Waals surface area contributed by atoms with E-state index in [0.29, 0.717) is 34.6 Å². The smallest absolute Gasteiger partial charge is 0.299 e. The minimum atomic E-state index is -0.371. The third-order valence-electron chi connectivity index (χ3n) is 6.51. The Bertz CT molecular complexity index is 1370. The van der Waals surface area contributed by atoms with E-state index in [-0.39, 0.29) is 11.6 Å². The van der Waals surface area contributed by atoms with Crippen LogP contribution in [0.5, 0.6) is 0 Å². The van der Waals surface area contributed by atoms with Crippen molar-refractivity contribution >= 4 is 34.7 Å². The number of carbonyl (C=O) groups excluding carboxylic acids is 1. The van der Waals surface area contributed by atoms with Crippen LogP contribution in [0.4, 0.5) is 17.5 Å². The number of rotatable bonds is 5. The highest BCUT2D eigenvalue weighted by atomic mass is 16.4. The molecule has 1 N–H and O–H groups in total. The number of anilines is 3.